The Labute approximate surface area is 462 Å². The molecule has 2 aliphatic rings. The summed E-state index contributed by atoms with van der Waals surface area (Å²) in [4.78, 5) is 29.7. The molecule has 0 aliphatic carbocycles. The van der Waals surface area contributed by atoms with Gasteiger partial charge in [-0.1, -0.05) is 24.3 Å². The fourth-order valence-electron chi connectivity index (χ4n) is 9.23. The molecule has 0 radical (unpaired) electrons. The molecule has 1 N–H and O–H groups in total. The summed E-state index contributed by atoms with van der Waals surface area (Å²) in [5.74, 6) is 5.40. The van der Waals surface area contributed by atoms with Crippen LogP contribution in [-0.4, -0.2) is 121 Å². The van der Waals surface area contributed by atoms with Crippen LogP contribution in [0.5, 0.6) is 69.0 Å². The van der Waals surface area contributed by atoms with Gasteiger partial charge in [-0.25, -0.2) is 15.0 Å². The number of methoxy groups -OCH3 is 9. The lowest BCUT2D eigenvalue weighted by molar-refractivity contribution is -0.131. The lowest BCUT2D eigenvalue weighted by atomic mass is 9.97. The average Bonchev–Trinajstić information content (AvgIpc) is 4.40. The Kier molecular flexibility index (Phi) is 18.2. The van der Waals surface area contributed by atoms with Gasteiger partial charge in [0.05, 0.1) is 111 Å². The number of hydrazone groups is 2. The van der Waals surface area contributed by atoms with E-state index in [0.717, 1.165) is 43.0 Å². The zero-order valence-corrected chi connectivity index (χ0v) is 46.7. The van der Waals surface area contributed by atoms with Gasteiger partial charge in [-0.15, -0.1) is 11.3 Å². The molecule has 9 rings (SSSR count). The number of carbonyl (C=O) groups excluding carboxylic acids is 2. The minimum Gasteiger partial charge on any atom is -0.504 e. The molecule has 0 saturated carbocycles. The third-order valence-corrected chi connectivity index (χ3v) is 14.2. The van der Waals surface area contributed by atoms with Gasteiger partial charge >= 0.3 is 0 Å². The highest BCUT2D eigenvalue weighted by Gasteiger charge is 2.35. The van der Waals surface area contributed by atoms with Gasteiger partial charge in [0.1, 0.15) is 5.01 Å². The first-order valence-corrected chi connectivity index (χ1v) is 25.8. The minimum atomic E-state index is -0.351. The summed E-state index contributed by atoms with van der Waals surface area (Å²) in [6.45, 7) is 3.74. The van der Waals surface area contributed by atoms with Crippen molar-refractivity contribution in [3.05, 3.63) is 125 Å². The molecule has 2 amide bonds. The smallest absolute Gasteiger partial charge is 0.240 e. The molecule has 2 aliphatic heterocycles. The Morgan fingerprint density at radius 1 is 0.506 bits per heavy atom. The summed E-state index contributed by atoms with van der Waals surface area (Å²) in [6, 6.07) is 31.2. The van der Waals surface area contributed by atoms with Crippen LogP contribution in [0.25, 0.3) is 20.8 Å². The topological polar surface area (TPSA) is 200 Å². The highest BCUT2D eigenvalue weighted by molar-refractivity contribution is 7.21. The van der Waals surface area contributed by atoms with Gasteiger partial charge in [-0.3, -0.25) is 9.59 Å². The summed E-state index contributed by atoms with van der Waals surface area (Å²) in [5, 5.41) is 23.2. The molecule has 7 aromatic rings. The Balaban J connectivity index is 0.000000240. The highest BCUT2D eigenvalue weighted by Crippen LogP contribution is 2.44. The minimum absolute atomic E-state index is 0.00902. The Morgan fingerprint density at radius 3 is 1.43 bits per heavy atom. The molecule has 2 unspecified atom stereocenters. The maximum absolute atomic E-state index is 12.8. The number of benzene rings is 6. The first-order chi connectivity index (χ1) is 38.3. The zero-order chi connectivity index (χ0) is 56.3. The van der Waals surface area contributed by atoms with Gasteiger partial charge in [0.2, 0.25) is 23.3 Å². The maximum atomic E-state index is 12.8. The van der Waals surface area contributed by atoms with E-state index in [4.69, 9.17) is 62.2 Å². The number of carbonyl (C=O) groups is 2. The zero-order valence-electron chi connectivity index (χ0n) is 45.9. The number of amides is 2. The molecule has 19 nitrogen and oxygen atoms in total. The number of phenols is 1. The summed E-state index contributed by atoms with van der Waals surface area (Å²) in [5.41, 5.74) is 6.48. The Bertz CT molecular complexity index is 3320. The van der Waals surface area contributed by atoms with Gasteiger partial charge in [0.25, 0.3) is 0 Å². The van der Waals surface area contributed by atoms with Gasteiger partial charge < -0.3 is 57.2 Å². The van der Waals surface area contributed by atoms with E-state index in [2.05, 4.69) is 11.2 Å². The van der Waals surface area contributed by atoms with Crippen LogP contribution in [0.1, 0.15) is 67.4 Å². The van der Waals surface area contributed by atoms with Crippen molar-refractivity contribution >= 4 is 44.8 Å². The van der Waals surface area contributed by atoms with E-state index >= 15 is 0 Å². The van der Waals surface area contributed by atoms with E-state index in [0.29, 0.717) is 107 Å². The first-order valence-electron chi connectivity index (χ1n) is 25.0. The van der Waals surface area contributed by atoms with Crippen LogP contribution in [0, 0.1) is 0 Å². The van der Waals surface area contributed by atoms with E-state index in [9.17, 15) is 14.7 Å². The number of phenolic OH excluding ortho intramolecular Hbond substituents is 1. The molecular formula is C59H63N5O14S. The number of nitrogens with zero attached hydrogens (tertiary/aromatic N) is 5. The van der Waals surface area contributed by atoms with Crippen LogP contribution in [-0.2, 0) is 9.59 Å². The molecule has 6 aromatic carbocycles. The van der Waals surface area contributed by atoms with Gasteiger partial charge in [-0.2, -0.15) is 10.2 Å². The van der Waals surface area contributed by atoms with Crippen molar-refractivity contribution in [3.8, 4) is 79.6 Å². The third kappa shape index (κ3) is 12.3. The normalized spacial score (nSPS) is 14.6. The lowest BCUT2D eigenvalue weighted by Gasteiger charge is -2.22. The maximum Gasteiger partial charge on any atom is 0.240 e. The van der Waals surface area contributed by atoms with Crippen LogP contribution in [0.15, 0.2) is 113 Å². The van der Waals surface area contributed by atoms with Crippen LogP contribution in [0.4, 0.5) is 0 Å². The molecule has 0 bridgehead atoms. The molecule has 0 fully saturated rings. The van der Waals surface area contributed by atoms with Crippen molar-refractivity contribution in [3.63, 3.8) is 0 Å². The van der Waals surface area contributed by atoms with Crippen LogP contribution in [0.3, 0.4) is 0 Å². The molecule has 3 heterocycles. The van der Waals surface area contributed by atoms with E-state index < -0.39 is 0 Å². The van der Waals surface area contributed by atoms with Gasteiger partial charge in [-0.05, 0) is 90.0 Å². The predicted molar refractivity (Wildman–Crippen MR) is 300 cm³/mol. The largest absolute Gasteiger partial charge is 0.504 e. The quantitative estimate of drug-likeness (QED) is 0.0706. The number of ether oxygens (including phenoxy) is 11. The van der Waals surface area contributed by atoms with Gasteiger partial charge in [0, 0.05) is 49.8 Å². The second-order valence-electron chi connectivity index (χ2n) is 17.8. The number of fused-ring (bicyclic) bond motifs is 1. The van der Waals surface area contributed by atoms with Crippen LogP contribution >= 0.6 is 11.3 Å². The van der Waals surface area contributed by atoms with Crippen molar-refractivity contribution in [1.82, 2.24) is 15.0 Å². The molecule has 414 valence electrons. The molecule has 79 heavy (non-hydrogen) atoms. The fraction of sp³-hybridized carbons (Fsp3) is 0.305. The molecule has 1 aromatic heterocycles. The van der Waals surface area contributed by atoms with E-state index in [1.165, 1.54) is 38.1 Å². The Hall–Kier alpha value is -8.91. The number of para-hydroxylation sites is 1. The number of rotatable bonds is 20. The van der Waals surface area contributed by atoms with Crippen molar-refractivity contribution in [2.24, 2.45) is 10.2 Å². The SMILES string of the molecule is COc1cc(-c2nc3ccccc3s2)ccc1OCCCOc1cc(C2CC(c3cc(OC)c(OC)c(OC)c3)=NN2C(C)=O)ccc1OC.COc1ccc(C2CC(c3cc(OC)c(OC)c(OC)c3)=NN2C(C)=O)cc1O. The number of hydrogen-bond donors (Lipinski definition) is 1. The third-order valence-electron chi connectivity index (χ3n) is 13.1. The second kappa shape index (κ2) is 25.5. The highest BCUT2D eigenvalue weighted by atomic mass is 32.1. The van der Waals surface area contributed by atoms with Crippen LogP contribution in [0.2, 0.25) is 0 Å². The van der Waals surface area contributed by atoms with E-state index in [1.54, 1.807) is 85.4 Å². The summed E-state index contributed by atoms with van der Waals surface area (Å²) in [6.07, 6.45) is 1.54. The molecule has 0 spiro atoms. The Morgan fingerprint density at radius 2 is 0.962 bits per heavy atom. The average molecular weight is 1100 g/mol. The second-order valence-corrected chi connectivity index (χ2v) is 18.9. The summed E-state index contributed by atoms with van der Waals surface area (Å²) in [7, 11) is 14.0. The summed E-state index contributed by atoms with van der Waals surface area (Å²) < 4.78 is 62.5. The number of hydrogen-bond acceptors (Lipinski definition) is 18. The van der Waals surface area contributed by atoms with Crippen molar-refractivity contribution in [2.45, 2.75) is 45.2 Å². The first kappa shape index (κ1) is 56.3. The molecule has 20 heteroatoms. The van der Waals surface area contributed by atoms with Crippen molar-refractivity contribution < 1.29 is 66.8 Å². The predicted octanol–water partition coefficient (Wildman–Crippen LogP) is 10.7. The fourth-order valence-corrected chi connectivity index (χ4v) is 10.2. The number of thiazole rings is 1. The lowest BCUT2D eigenvalue weighted by Crippen LogP contribution is -2.24. The number of aromatic nitrogens is 1. The molecular weight excluding hydrogens is 1030 g/mol. The van der Waals surface area contributed by atoms with Crippen molar-refractivity contribution in [1.29, 1.82) is 0 Å². The number of aromatic hydroxyl groups is 1. The van der Waals surface area contributed by atoms with Crippen LogP contribution < -0.4 is 52.1 Å². The standard InChI is InChI=1S/C38H39N3O8S.C21H24N2O6/c1-23(42)41-29(22-28(40-41)26-20-34(45-4)37(47-6)35(21-26)46-5)24-12-14-30(43-2)33(18-24)49-17-9-16-48-31-15-13-25(19-32(31)44-3)38-39-27-10-7-8-11-36(27)50-38;1-12(24)23-16(13-6-7-18(26-2)17(25)8-13)11-15(22-23)14-9-19(27-3)21(29-5)20(10-14)28-4/h7-8,10-15,18-21,29H,9,16-17,22H2,1-6H3;6-10,16,25H,11H2,1-5H3. The van der Waals surface area contributed by atoms with Crippen molar-refractivity contribution in [2.75, 3.05) is 77.2 Å². The molecule has 2 atom stereocenters. The molecule has 0 saturated heterocycles. The van der Waals surface area contributed by atoms with Gasteiger partial charge in [0.15, 0.2) is 57.5 Å². The monoisotopic (exact) mass is 1100 g/mol. The van der Waals surface area contributed by atoms with E-state index in [1.807, 2.05) is 72.8 Å². The van der Waals surface area contributed by atoms with E-state index in [-0.39, 0.29) is 29.6 Å². The summed E-state index contributed by atoms with van der Waals surface area (Å²) >= 11 is 1.64.